The monoisotopic (exact) mass is 301 g/mol. The zero-order valence-corrected chi connectivity index (χ0v) is 12.3. The lowest BCUT2D eigenvalue weighted by atomic mass is 10.1. The first kappa shape index (κ1) is 16.1. The molecule has 1 fully saturated rings. The molecule has 1 heterocycles. The standard InChI is InChI=1S/C15H22F3N3/c1-2-19-6-7-20-8-10-21(11-9-20)14-5-3-4-13(12-14)15(16,17)18/h3-5,12,19H,2,6-11H2,1H3. The van der Waals surface area contributed by atoms with Gasteiger partial charge in [0.1, 0.15) is 0 Å². The van der Waals surface area contributed by atoms with E-state index in [0.717, 1.165) is 51.9 Å². The lowest BCUT2D eigenvalue weighted by Crippen LogP contribution is -2.48. The van der Waals surface area contributed by atoms with Gasteiger partial charge in [0.05, 0.1) is 5.56 Å². The molecule has 1 aromatic carbocycles. The molecule has 0 unspecified atom stereocenters. The predicted octanol–water partition coefficient (Wildman–Crippen LogP) is 2.44. The highest BCUT2D eigenvalue weighted by Crippen LogP contribution is 2.31. The molecule has 0 amide bonds. The molecule has 1 aromatic rings. The molecule has 1 aliphatic heterocycles. The molecule has 118 valence electrons. The number of alkyl halides is 3. The van der Waals surface area contributed by atoms with E-state index in [-0.39, 0.29) is 0 Å². The Balaban J connectivity index is 1.90. The first-order chi connectivity index (χ1) is 10.0. The first-order valence-corrected chi connectivity index (χ1v) is 7.36. The summed E-state index contributed by atoms with van der Waals surface area (Å²) in [4.78, 5) is 4.37. The molecule has 0 atom stereocenters. The van der Waals surface area contributed by atoms with Gasteiger partial charge in [-0.3, -0.25) is 4.90 Å². The van der Waals surface area contributed by atoms with Crippen molar-refractivity contribution in [2.24, 2.45) is 0 Å². The minimum atomic E-state index is -4.27. The zero-order valence-electron chi connectivity index (χ0n) is 12.3. The lowest BCUT2D eigenvalue weighted by Gasteiger charge is -2.36. The van der Waals surface area contributed by atoms with Crippen molar-refractivity contribution in [3.8, 4) is 0 Å². The number of piperazine rings is 1. The van der Waals surface area contributed by atoms with Crippen LogP contribution in [0, 0.1) is 0 Å². The average Bonchev–Trinajstić information content (AvgIpc) is 2.47. The summed E-state index contributed by atoms with van der Waals surface area (Å²) in [5, 5.41) is 3.28. The summed E-state index contributed by atoms with van der Waals surface area (Å²) in [5.41, 5.74) is 0.0886. The molecule has 0 saturated carbocycles. The number of hydrogen-bond donors (Lipinski definition) is 1. The summed E-state index contributed by atoms with van der Waals surface area (Å²) >= 11 is 0. The Morgan fingerprint density at radius 2 is 1.86 bits per heavy atom. The van der Waals surface area contributed by atoms with Crippen molar-refractivity contribution in [3.05, 3.63) is 29.8 Å². The van der Waals surface area contributed by atoms with E-state index in [2.05, 4.69) is 17.1 Å². The number of benzene rings is 1. The molecular formula is C15H22F3N3. The van der Waals surface area contributed by atoms with E-state index >= 15 is 0 Å². The molecule has 1 aliphatic rings. The molecule has 0 aromatic heterocycles. The maximum absolute atomic E-state index is 12.7. The van der Waals surface area contributed by atoms with Crippen LogP contribution in [-0.2, 0) is 6.18 Å². The molecular weight excluding hydrogens is 279 g/mol. The number of nitrogens with one attached hydrogen (secondary N) is 1. The van der Waals surface area contributed by atoms with Crippen LogP contribution < -0.4 is 10.2 Å². The molecule has 0 bridgehead atoms. The number of rotatable bonds is 5. The smallest absolute Gasteiger partial charge is 0.369 e. The lowest BCUT2D eigenvalue weighted by molar-refractivity contribution is -0.137. The van der Waals surface area contributed by atoms with Gasteiger partial charge < -0.3 is 10.2 Å². The van der Waals surface area contributed by atoms with Crippen LogP contribution in [0.25, 0.3) is 0 Å². The van der Waals surface area contributed by atoms with Crippen LogP contribution in [0.15, 0.2) is 24.3 Å². The Hall–Kier alpha value is -1.27. The first-order valence-electron chi connectivity index (χ1n) is 7.36. The highest BCUT2D eigenvalue weighted by atomic mass is 19.4. The van der Waals surface area contributed by atoms with Crippen molar-refractivity contribution >= 4 is 5.69 Å². The molecule has 3 nitrogen and oxygen atoms in total. The van der Waals surface area contributed by atoms with Crippen LogP contribution in [0.3, 0.4) is 0 Å². The predicted molar refractivity (Wildman–Crippen MR) is 78.6 cm³/mol. The van der Waals surface area contributed by atoms with E-state index in [4.69, 9.17) is 0 Å². The maximum atomic E-state index is 12.7. The fourth-order valence-electron chi connectivity index (χ4n) is 2.52. The van der Waals surface area contributed by atoms with Crippen LogP contribution >= 0.6 is 0 Å². The second-order valence-corrected chi connectivity index (χ2v) is 5.23. The van der Waals surface area contributed by atoms with Crippen molar-refractivity contribution < 1.29 is 13.2 Å². The number of nitrogens with zero attached hydrogens (tertiary/aromatic N) is 2. The average molecular weight is 301 g/mol. The number of halogens is 3. The van der Waals surface area contributed by atoms with Gasteiger partial charge in [0, 0.05) is 45.0 Å². The molecule has 21 heavy (non-hydrogen) atoms. The molecule has 2 rings (SSSR count). The van der Waals surface area contributed by atoms with Gasteiger partial charge in [-0.2, -0.15) is 13.2 Å². The second-order valence-electron chi connectivity index (χ2n) is 5.23. The van der Waals surface area contributed by atoms with E-state index in [0.29, 0.717) is 5.69 Å². The van der Waals surface area contributed by atoms with E-state index in [9.17, 15) is 13.2 Å². The van der Waals surface area contributed by atoms with Crippen LogP contribution in [0.1, 0.15) is 12.5 Å². The summed E-state index contributed by atoms with van der Waals surface area (Å²) in [6.45, 7) is 8.31. The van der Waals surface area contributed by atoms with Crippen molar-refractivity contribution in [3.63, 3.8) is 0 Å². The van der Waals surface area contributed by atoms with E-state index < -0.39 is 11.7 Å². The van der Waals surface area contributed by atoms with Crippen molar-refractivity contribution in [2.45, 2.75) is 13.1 Å². The fourth-order valence-corrected chi connectivity index (χ4v) is 2.52. The second kappa shape index (κ2) is 7.13. The Morgan fingerprint density at radius 1 is 1.14 bits per heavy atom. The molecule has 0 spiro atoms. The number of likely N-dealkylation sites (N-methyl/N-ethyl adjacent to an activating group) is 1. The van der Waals surface area contributed by atoms with Crippen molar-refractivity contribution in [1.82, 2.24) is 10.2 Å². The Morgan fingerprint density at radius 3 is 2.48 bits per heavy atom. The van der Waals surface area contributed by atoms with Gasteiger partial charge >= 0.3 is 6.18 Å². The van der Waals surface area contributed by atoms with Crippen LogP contribution in [0.5, 0.6) is 0 Å². The summed E-state index contributed by atoms with van der Waals surface area (Å²) in [7, 11) is 0. The highest BCUT2D eigenvalue weighted by molar-refractivity contribution is 5.49. The quantitative estimate of drug-likeness (QED) is 0.843. The van der Waals surface area contributed by atoms with E-state index in [1.165, 1.54) is 12.1 Å². The van der Waals surface area contributed by atoms with Crippen LogP contribution in [0.2, 0.25) is 0 Å². The largest absolute Gasteiger partial charge is 0.416 e. The Kier molecular flexibility index (Phi) is 5.47. The topological polar surface area (TPSA) is 18.5 Å². The zero-order chi connectivity index (χ0) is 15.3. The van der Waals surface area contributed by atoms with Crippen LogP contribution in [0.4, 0.5) is 18.9 Å². The third-order valence-electron chi connectivity index (χ3n) is 3.77. The van der Waals surface area contributed by atoms with Gasteiger partial charge in [-0.1, -0.05) is 13.0 Å². The summed E-state index contributed by atoms with van der Waals surface area (Å²) < 4.78 is 38.2. The van der Waals surface area contributed by atoms with Gasteiger partial charge in [0.2, 0.25) is 0 Å². The molecule has 1 N–H and O–H groups in total. The molecule has 0 aliphatic carbocycles. The Bertz CT molecular complexity index is 440. The third kappa shape index (κ3) is 4.61. The van der Waals surface area contributed by atoms with Gasteiger partial charge in [0.15, 0.2) is 0 Å². The summed E-state index contributed by atoms with van der Waals surface area (Å²) in [5.74, 6) is 0. The SMILES string of the molecule is CCNCCN1CCN(c2cccc(C(F)(F)F)c2)CC1. The van der Waals surface area contributed by atoms with E-state index in [1.807, 2.05) is 4.90 Å². The summed E-state index contributed by atoms with van der Waals surface area (Å²) in [6.07, 6.45) is -4.27. The van der Waals surface area contributed by atoms with Crippen molar-refractivity contribution in [1.29, 1.82) is 0 Å². The minimum absolute atomic E-state index is 0.574. The van der Waals surface area contributed by atoms with E-state index in [1.54, 1.807) is 6.07 Å². The molecule has 0 radical (unpaired) electrons. The third-order valence-corrected chi connectivity index (χ3v) is 3.77. The van der Waals surface area contributed by atoms with Gasteiger partial charge in [0.25, 0.3) is 0 Å². The minimum Gasteiger partial charge on any atom is -0.369 e. The molecule has 1 saturated heterocycles. The molecule has 6 heteroatoms. The maximum Gasteiger partial charge on any atom is 0.416 e. The number of hydrogen-bond acceptors (Lipinski definition) is 3. The van der Waals surface area contributed by atoms with Gasteiger partial charge in [-0.15, -0.1) is 0 Å². The van der Waals surface area contributed by atoms with Gasteiger partial charge in [-0.25, -0.2) is 0 Å². The highest BCUT2D eigenvalue weighted by Gasteiger charge is 2.31. The number of anilines is 1. The normalized spacial score (nSPS) is 17.2. The Labute approximate surface area is 123 Å². The fraction of sp³-hybridized carbons (Fsp3) is 0.600. The van der Waals surface area contributed by atoms with Gasteiger partial charge in [-0.05, 0) is 24.7 Å². The van der Waals surface area contributed by atoms with Crippen molar-refractivity contribution in [2.75, 3.05) is 50.7 Å². The summed E-state index contributed by atoms with van der Waals surface area (Å²) in [6, 6.07) is 5.60. The van der Waals surface area contributed by atoms with Crippen LogP contribution in [-0.4, -0.2) is 50.7 Å².